The first-order valence-electron chi connectivity index (χ1n) is 10.7. The van der Waals surface area contributed by atoms with Crippen molar-refractivity contribution in [3.05, 3.63) is 42.0 Å². The lowest BCUT2D eigenvalue weighted by molar-refractivity contribution is -0.141. The maximum Gasteiger partial charge on any atom is 0.408 e. The fourth-order valence-corrected chi connectivity index (χ4v) is 3.56. The molecule has 0 saturated carbocycles. The van der Waals surface area contributed by atoms with E-state index in [0.717, 1.165) is 5.56 Å². The maximum absolute atomic E-state index is 13.5. The zero-order valence-corrected chi connectivity index (χ0v) is 21.0. The molecule has 178 valence electrons. The number of nitrogens with one attached hydrogen (secondary N) is 2. The number of hydrogen-bond donors (Lipinski definition) is 2. The van der Waals surface area contributed by atoms with Crippen molar-refractivity contribution in [1.82, 2.24) is 15.5 Å². The van der Waals surface area contributed by atoms with E-state index in [-0.39, 0.29) is 17.9 Å². The SMILES string of the molecule is C=Cc1cccc(C(C(=O)NC(C)C)N(C)C(=O)C(CCSC)NC(=O)OC(C)(C)C)c1. The van der Waals surface area contributed by atoms with Crippen LogP contribution in [0.25, 0.3) is 6.08 Å². The average molecular weight is 464 g/mol. The summed E-state index contributed by atoms with van der Waals surface area (Å²) in [6, 6.07) is 5.56. The highest BCUT2D eigenvalue weighted by Gasteiger charge is 2.34. The Balaban J connectivity index is 3.25. The number of alkyl carbamates (subject to hydrolysis) is 1. The summed E-state index contributed by atoms with van der Waals surface area (Å²) in [5.74, 6) is 0.00486. The lowest BCUT2D eigenvalue weighted by atomic mass is 10.0. The van der Waals surface area contributed by atoms with Crippen LogP contribution in [0.5, 0.6) is 0 Å². The normalized spacial score (nSPS) is 13.1. The Morgan fingerprint density at radius 1 is 1.22 bits per heavy atom. The molecule has 0 aliphatic rings. The minimum atomic E-state index is -0.859. The number of thioether (sulfide) groups is 1. The summed E-state index contributed by atoms with van der Waals surface area (Å²) < 4.78 is 5.34. The summed E-state index contributed by atoms with van der Waals surface area (Å²) in [5.41, 5.74) is 0.822. The number of ether oxygens (including phenoxy) is 1. The quantitative estimate of drug-likeness (QED) is 0.548. The van der Waals surface area contributed by atoms with Gasteiger partial charge in [-0.05, 0) is 70.2 Å². The molecule has 0 aliphatic heterocycles. The first-order valence-corrected chi connectivity index (χ1v) is 12.1. The number of nitrogens with zero attached hydrogens (tertiary/aromatic N) is 1. The second kappa shape index (κ2) is 12.5. The van der Waals surface area contributed by atoms with E-state index in [4.69, 9.17) is 4.74 Å². The standard InChI is InChI=1S/C24H37N3O4S/c1-9-17-11-10-12-18(15-17)20(21(28)25-16(2)3)27(7)22(29)19(13-14-32-8)26-23(30)31-24(4,5)6/h9-12,15-16,19-20H,1,13-14H2,2-8H3,(H,25,28)(H,26,30). The van der Waals surface area contributed by atoms with E-state index < -0.39 is 23.8 Å². The van der Waals surface area contributed by atoms with Gasteiger partial charge in [-0.2, -0.15) is 11.8 Å². The van der Waals surface area contributed by atoms with Crippen molar-refractivity contribution < 1.29 is 19.1 Å². The summed E-state index contributed by atoms with van der Waals surface area (Å²) >= 11 is 1.57. The van der Waals surface area contributed by atoms with Gasteiger partial charge in [0.2, 0.25) is 11.8 Å². The van der Waals surface area contributed by atoms with Gasteiger partial charge in [0.15, 0.2) is 0 Å². The van der Waals surface area contributed by atoms with Crippen molar-refractivity contribution in [2.45, 2.75) is 64.8 Å². The van der Waals surface area contributed by atoms with E-state index in [2.05, 4.69) is 17.2 Å². The summed E-state index contributed by atoms with van der Waals surface area (Å²) in [4.78, 5) is 40.3. The van der Waals surface area contributed by atoms with Gasteiger partial charge in [-0.15, -0.1) is 0 Å². The Morgan fingerprint density at radius 3 is 2.41 bits per heavy atom. The van der Waals surface area contributed by atoms with Crippen LogP contribution < -0.4 is 10.6 Å². The third-order valence-electron chi connectivity index (χ3n) is 4.48. The van der Waals surface area contributed by atoms with Crippen LogP contribution >= 0.6 is 11.8 Å². The molecular formula is C24H37N3O4S. The molecule has 7 nitrogen and oxygen atoms in total. The summed E-state index contributed by atoms with van der Waals surface area (Å²) in [6.07, 6.45) is 3.36. The maximum atomic E-state index is 13.5. The molecule has 1 rings (SSSR count). The number of carbonyl (C=O) groups is 3. The van der Waals surface area contributed by atoms with Crippen molar-refractivity contribution in [3.63, 3.8) is 0 Å². The summed E-state index contributed by atoms with van der Waals surface area (Å²) in [5, 5.41) is 5.58. The molecule has 0 radical (unpaired) electrons. The number of carbonyl (C=O) groups excluding carboxylic acids is 3. The van der Waals surface area contributed by atoms with Crippen molar-refractivity contribution in [2.24, 2.45) is 0 Å². The van der Waals surface area contributed by atoms with Gasteiger partial charge in [0.05, 0.1) is 0 Å². The molecular weight excluding hydrogens is 426 g/mol. The van der Waals surface area contributed by atoms with Gasteiger partial charge in [-0.3, -0.25) is 9.59 Å². The van der Waals surface area contributed by atoms with Crippen molar-refractivity contribution in [3.8, 4) is 0 Å². The Hall–Kier alpha value is -2.48. The van der Waals surface area contributed by atoms with Crippen LogP contribution in [-0.2, 0) is 14.3 Å². The third-order valence-corrected chi connectivity index (χ3v) is 5.12. The van der Waals surface area contributed by atoms with Crippen LogP contribution in [0.4, 0.5) is 4.79 Å². The van der Waals surface area contributed by atoms with E-state index >= 15 is 0 Å². The van der Waals surface area contributed by atoms with Gasteiger partial charge >= 0.3 is 6.09 Å². The molecule has 0 bridgehead atoms. The van der Waals surface area contributed by atoms with Crippen molar-refractivity contribution in [1.29, 1.82) is 0 Å². The highest BCUT2D eigenvalue weighted by Crippen LogP contribution is 2.23. The predicted octanol–water partition coefficient (Wildman–Crippen LogP) is 4.00. The number of rotatable bonds is 10. The predicted molar refractivity (Wildman–Crippen MR) is 131 cm³/mol. The highest BCUT2D eigenvalue weighted by atomic mass is 32.2. The molecule has 0 aliphatic carbocycles. The molecule has 2 N–H and O–H groups in total. The molecule has 2 atom stereocenters. The van der Waals surface area contributed by atoms with Gasteiger partial charge in [0.1, 0.15) is 17.7 Å². The number of likely N-dealkylation sites (N-methyl/N-ethyl adjacent to an activating group) is 1. The van der Waals surface area contributed by atoms with E-state index in [1.165, 1.54) is 4.90 Å². The van der Waals surface area contributed by atoms with Crippen LogP contribution in [0.3, 0.4) is 0 Å². The summed E-state index contributed by atoms with van der Waals surface area (Å²) in [6.45, 7) is 12.8. The average Bonchev–Trinajstić information content (AvgIpc) is 2.68. The van der Waals surface area contributed by atoms with Crippen LogP contribution in [0.1, 0.15) is 58.2 Å². The molecule has 0 fully saturated rings. The fourth-order valence-electron chi connectivity index (χ4n) is 3.09. The van der Waals surface area contributed by atoms with Gasteiger partial charge in [-0.1, -0.05) is 30.9 Å². The van der Waals surface area contributed by atoms with Crippen LogP contribution in [-0.4, -0.2) is 59.5 Å². The van der Waals surface area contributed by atoms with E-state index in [1.54, 1.807) is 51.7 Å². The lowest BCUT2D eigenvalue weighted by Crippen LogP contribution is -2.52. The highest BCUT2D eigenvalue weighted by molar-refractivity contribution is 7.98. The molecule has 2 unspecified atom stereocenters. The molecule has 8 heteroatoms. The molecule has 0 saturated heterocycles. The van der Waals surface area contributed by atoms with Crippen LogP contribution in [0.2, 0.25) is 0 Å². The largest absolute Gasteiger partial charge is 0.444 e. The number of amides is 3. The molecule has 0 heterocycles. The van der Waals surface area contributed by atoms with Crippen LogP contribution in [0.15, 0.2) is 30.8 Å². The van der Waals surface area contributed by atoms with E-state index in [9.17, 15) is 14.4 Å². The molecule has 0 aromatic heterocycles. The Bertz CT molecular complexity index is 805. The zero-order valence-electron chi connectivity index (χ0n) is 20.2. The van der Waals surface area contributed by atoms with E-state index in [0.29, 0.717) is 17.7 Å². The second-order valence-electron chi connectivity index (χ2n) is 8.87. The van der Waals surface area contributed by atoms with E-state index in [1.807, 2.05) is 38.3 Å². The Kier molecular flexibility index (Phi) is 10.8. The first kappa shape index (κ1) is 27.6. The smallest absolute Gasteiger partial charge is 0.408 e. The second-order valence-corrected chi connectivity index (χ2v) is 9.86. The number of hydrogen-bond acceptors (Lipinski definition) is 5. The monoisotopic (exact) mass is 463 g/mol. The van der Waals surface area contributed by atoms with Crippen LogP contribution in [0, 0.1) is 0 Å². The number of benzene rings is 1. The van der Waals surface area contributed by atoms with Crippen molar-refractivity contribution >= 4 is 35.7 Å². The third kappa shape index (κ3) is 8.94. The van der Waals surface area contributed by atoms with Crippen molar-refractivity contribution in [2.75, 3.05) is 19.1 Å². The van der Waals surface area contributed by atoms with Gasteiger partial charge in [-0.25, -0.2) is 4.79 Å². The topological polar surface area (TPSA) is 87.7 Å². The molecule has 1 aromatic rings. The molecule has 0 spiro atoms. The fraction of sp³-hybridized carbons (Fsp3) is 0.542. The molecule has 32 heavy (non-hydrogen) atoms. The zero-order chi connectivity index (χ0) is 24.5. The van der Waals surface area contributed by atoms with Gasteiger partial charge < -0.3 is 20.3 Å². The minimum Gasteiger partial charge on any atom is -0.444 e. The molecule has 1 aromatic carbocycles. The van der Waals surface area contributed by atoms with Gasteiger partial charge in [0.25, 0.3) is 0 Å². The Morgan fingerprint density at radius 2 is 1.88 bits per heavy atom. The molecule has 3 amide bonds. The first-order chi connectivity index (χ1) is 14.9. The van der Waals surface area contributed by atoms with Gasteiger partial charge in [0, 0.05) is 13.1 Å². The minimum absolute atomic E-state index is 0.0942. The lowest BCUT2D eigenvalue weighted by Gasteiger charge is -2.32. The Labute approximate surface area is 196 Å². The summed E-state index contributed by atoms with van der Waals surface area (Å²) in [7, 11) is 1.58.